The minimum Gasteiger partial charge on any atom is -0.402 e. The minimum atomic E-state index is 0.242. The molecule has 3 N–H and O–H groups in total. The van der Waals surface area contributed by atoms with Crippen molar-refractivity contribution >= 4 is 11.8 Å². The van der Waals surface area contributed by atoms with Crippen LogP contribution in [0.15, 0.2) is 47.1 Å². The van der Waals surface area contributed by atoms with Crippen molar-refractivity contribution in [1.29, 1.82) is 0 Å². The van der Waals surface area contributed by atoms with Crippen LogP contribution in [-0.4, -0.2) is 20.2 Å². The third-order valence-corrected chi connectivity index (χ3v) is 2.64. The molecule has 0 aliphatic rings. The van der Waals surface area contributed by atoms with Crippen molar-refractivity contribution in [1.82, 2.24) is 20.2 Å². The highest BCUT2D eigenvalue weighted by Gasteiger charge is 2.13. The van der Waals surface area contributed by atoms with Gasteiger partial charge in [-0.1, -0.05) is 35.4 Å². The standard InChI is InChI=1S/C13H12N6O/c14-11-10(15-6-7-16-11)12-18-19-13(20-12)17-8-9-4-2-1-3-5-9/h1-7H,8H2,(H2,14,16)(H,17,19). The van der Waals surface area contributed by atoms with E-state index in [1.807, 2.05) is 30.3 Å². The van der Waals surface area contributed by atoms with E-state index >= 15 is 0 Å². The molecule has 0 spiro atoms. The molecule has 0 saturated heterocycles. The Balaban J connectivity index is 1.73. The number of aromatic nitrogens is 4. The minimum absolute atomic E-state index is 0.242. The molecule has 0 aliphatic carbocycles. The molecule has 100 valence electrons. The van der Waals surface area contributed by atoms with Gasteiger partial charge in [0, 0.05) is 18.9 Å². The lowest BCUT2D eigenvalue weighted by atomic mass is 10.2. The topological polar surface area (TPSA) is 103 Å². The number of rotatable bonds is 4. The first-order chi connectivity index (χ1) is 9.83. The Morgan fingerprint density at radius 1 is 1.05 bits per heavy atom. The highest BCUT2D eigenvalue weighted by molar-refractivity contribution is 5.61. The molecule has 3 aromatic rings. The van der Waals surface area contributed by atoms with Crippen LogP contribution in [0.4, 0.5) is 11.8 Å². The maximum Gasteiger partial charge on any atom is 0.316 e. The van der Waals surface area contributed by atoms with Crippen molar-refractivity contribution in [2.75, 3.05) is 11.1 Å². The number of hydrogen-bond donors (Lipinski definition) is 2. The molecule has 0 amide bonds. The number of anilines is 2. The Hall–Kier alpha value is -2.96. The molecule has 2 aromatic heterocycles. The average Bonchev–Trinajstić information content (AvgIpc) is 2.95. The normalized spacial score (nSPS) is 10.4. The van der Waals surface area contributed by atoms with E-state index in [-0.39, 0.29) is 11.7 Å². The molecule has 0 atom stereocenters. The summed E-state index contributed by atoms with van der Waals surface area (Å²) < 4.78 is 5.46. The van der Waals surface area contributed by atoms with Crippen LogP contribution in [0.1, 0.15) is 5.56 Å². The largest absolute Gasteiger partial charge is 0.402 e. The molecule has 0 radical (unpaired) electrons. The monoisotopic (exact) mass is 268 g/mol. The molecule has 1 aromatic carbocycles. The van der Waals surface area contributed by atoms with Gasteiger partial charge < -0.3 is 15.5 Å². The van der Waals surface area contributed by atoms with Crippen LogP contribution in [0.2, 0.25) is 0 Å². The van der Waals surface area contributed by atoms with E-state index in [9.17, 15) is 0 Å². The molecule has 7 nitrogen and oxygen atoms in total. The lowest BCUT2D eigenvalue weighted by Gasteiger charge is -2.00. The second kappa shape index (κ2) is 5.35. The Morgan fingerprint density at radius 3 is 2.65 bits per heavy atom. The fourth-order valence-corrected chi connectivity index (χ4v) is 1.68. The Morgan fingerprint density at radius 2 is 1.85 bits per heavy atom. The molecule has 7 heteroatoms. The average molecular weight is 268 g/mol. The quantitative estimate of drug-likeness (QED) is 0.742. The van der Waals surface area contributed by atoms with Gasteiger partial charge in [-0.05, 0) is 5.56 Å². The van der Waals surface area contributed by atoms with Gasteiger partial charge in [-0.3, -0.25) is 0 Å². The van der Waals surface area contributed by atoms with Crippen molar-refractivity contribution in [3.63, 3.8) is 0 Å². The summed E-state index contributed by atoms with van der Waals surface area (Å²) in [5.74, 6) is 0.497. The smallest absolute Gasteiger partial charge is 0.316 e. The van der Waals surface area contributed by atoms with Crippen molar-refractivity contribution in [2.24, 2.45) is 0 Å². The Bertz CT molecular complexity index is 697. The number of benzene rings is 1. The second-order valence-corrected chi connectivity index (χ2v) is 4.04. The van der Waals surface area contributed by atoms with Crippen molar-refractivity contribution < 1.29 is 4.42 Å². The molecule has 0 unspecified atom stereocenters. The zero-order valence-electron chi connectivity index (χ0n) is 10.5. The van der Waals surface area contributed by atoms with Gasteiger partial charge in [-0.15, -0.1) is 5.10 Å². The zero-order valence-corrected chi connectivity index (χ0v) is 10.5. The third kappa shape index (κ3) is 2.56. The van der Waals surface area contributed by atoms with Gasteiger partial charge in [-0.2, -0.15) is 0 Å². The van der Waals surface area contributed by atoms with Crippen molar-refractivity contribution in [2.45, 2.75) is 6.54 Å². The fraction of sp³-hybridized carbons (Fsp3) is 0.0769. The maximum absolute atomic E-state index is 5.71. The predicted octanol–water partition coefficient (Wildman–Crippen LogP) is 1.72. The van der Waals surface area contributed by atoms with Crippen molar-refractivity contribution in [3.05, 3.63) is 48.3 Å². The van der Waals surface area contributed by atoms with E-state index in [4.69, 9.17) is 10.2 Å². The Labute approximate surface area is 114 Å². The molecule has 0 bridgehead atoms. The molecule has 0 fully saturated rings. The van der Waals surface area contributed by atoms with Gasteiger partial charge >= 0.3 is 6.01 Å². The summed E-state index contributed by atoms with van der Waals surface area (Å²) in [6.07, 6.45) is 3.02. The number of nitrogens with one attached hydrogen (secondary N) is 1. The van der Waals surface area contributed by atoms with Gasteiger partial charge in [0.25, 0.3) is 5.89 Å². The summed E-state index contributed by atoms with van der Waals surface area (Å²) in [5.41, 5.74) is 7.20. The van der Waals surface area contributed by atoms with Crippen LogP contribution in [-0.2, 0) is 6.54 Å². The summed E-state index contributed by atoms with van der Waals surface area (Å²) >= 11 is 0. The first-order valence-electron chi connectivity index (χ1n) is 6.01. The van der Waals surface area contributed by atoms with Gasteiger partial charge in [0.15, 0.2) is 11.5 Å². The Kier molecular flexibility index (Phi) is 3.24. The van der Waals surface area contributed by atoms with Crippen LogP contribution in [0.5, 0.6) is 0 Å². The second-order valence-electron chi connectivity index (χ2n) is 4.04. The summed E-state index contributed by atoms with van der Waals surface area (Å²) in [7, 11) is 0. The highest BCUT2D eigenvalue weighted by Crippen LogP contribution is 2.21. The van der Waals surface area contributed by atoms with Crippen LogP contribution in [0, 0.1) is 0 Å². The highest BCUT2D eigenvalue weighted by atomic mass is 16.4. The van der Waals surface area contributed by atoms with Crippen LogP contribution in [0.25, 0.3) is 11.6 Å². The number of hydrogen-bond acceptors (Lipinski definition) is 7. The maximum atomic E-state index is 5.71. The lowest BCUT2D eigenvalue weighted by molar-refractivity contribution is 0.578. The molecular formula is C13H12N6O. The van der Waals surface area contributed by atoms with E-state index in [1.54, 1.807) is 0 Å². The summed E-state index contributed by atoms with van der Waals surface area (Å²) in [4.78, 5) is 7.99. The molecule has 3 rings (SSSR count). The molecule has 2 heterocycles. The SMILES string of the molecule is Nc1nccnc1-c1nnc(NCc2ccccc2)o1. The molecular weight excluding hydrogens is 256 g/mol. The zero-order chi connectivity index (χ0) is 13.8. The van der Waals surface area contributed by atoms with Gasteiger partial charge in [0.1, 0.15) is 0 Å². The van der Waals surface area contributed by atoms with E-state index in [0.717, 1.165) is 5.56 Å². The molecule has 0 aliphatic heterocycles. The summed E-state index contributed by atoms with van der Waals surface area (Å²) in [5, 5.41) is 10.8. The number of nitrogen functional groups attached to an aromatic ring is 1. The van der Waals surface area contributed by atoms with Gasteiger partial charge in [0.2, 0.25) is 0 Å². The number of nitrogens with zero attached hydrogens (tertiary/aromatic N) is 4. The molecule has 0 saturated carbocycles. The lowest BCUT2D eigenvalue weighted by Crippen LogP contribution is -1.98. The van der Waals surface area contributed by atoms with E-state index in [2.05, 4.69) is 25.5 Å². The van der Waals surface area contributed by atoms with Crippen LogP contribution < -0.4 is 11.1 Å². The first kappa shape index (κ1) is 12.1. The van der Waals surface area contributed by atoms with E-state index in [0.29, 0.717) is 18.3 Å². The first-order valence-corrected chi connectivity index (χ1v) is 6.01. The van der Waals surface area contributed by atoms with Crippen LogP contribution >= 0.6 is 0 Å². The van der Waals surface area contributed by atoms with E-state index in [1.165, 1.54) is 12.4 Å². The fourth-order valence-electron chi connectivity index (χ4n) is 1.68. The van der Waals surface area contributed by atoms with Gasteiger partial charge in [0.05, 0.1) is 0 Å². The predicted molar refractivity (Wildman–Crippen MR) is 73.5 cm³/mol. The summed E-state index contributed by atoms with van der Waals surface area (Å²) in [6.45, 7) is 0.596. The number of nitrogens with two attached hydrogens (primary N) is 1. The molecule has 20 heavy (non-hydrogen) atoms. The summed E-state index contributed by atoms with van der Waals surface area (Å²) in [6, 6.07) is 10.2. The van der Waals surface area contributed by atoms with E-state index < -0.39 is 0 Å². The van der Waals surface area contributed by atoms with Crippen LogP contribution in [0.3, 0.4) is 0 Å². The third-order valence-electron chi connectivity index (χ3n) is 2.64. The van der Waals surface area contributed by atoms with Crippen molar-refractivity contribution in [3.8, 4) is 11.6 Å². The van der Waals surface area contributed by atoms with Gasteiger partial charge in [-0.25, -0.2) is 9.97 Å².